The van der Waals surface area contributed by atoms with Crippen molar-refractivity contribution in [3.8, 4) is 0 Å². The third kappa shape index (κ3) is 4.09. The fraction of sp³-hybridized carbons (Fsp3) is 0.867. The first-order valence-corrected chi connectivity index (χ1v) is 7.91. The van der Waals surface area contributed by atoms with Crippen LogP contribution in [0.2, 0.25) is 0 Å². The Bertz CT molecular complexity index is 378. The largest absolute Gasteiger partial charge is 0.393 e. The predicted octanol–water partition coefficient (Wildman–Crippen LogP) is 0.657. The third-order valence-electron chi connectivity index (χ3n) is 4.68. The maximum Gasteiger partial charge on any atom is 0.319 e. The number of aliphatic hydroxyl groups excluding tert-OH is 1. The first kappa shape index (κ1) is 16.1. The Morgan fingerprint density at radius 2 is 1.86 bits per heavy atom. The van der Waals surface area contributed by atoms with Crippen molar-refractivity contribution in [1.82, 2.24) is 15.1 Å². The van der Waals surface area contributed by atoms with Crippen molar-refractivity contribution in [2.75, 3.05) is 33.7 Å². The van der Waals surface area contributed by atoms with E-state index in [-0.39, 0.29) is 29.9 Å². The number of likely N-dealkylation sites (tertiary alicyclic amines) is 1. The van der Waals surface area contributed by atoms with E-state index in [9.17, 15) is 14.7 Å². The van der Waals surface area contributed by atoms with Crippen LogP contribution >= 0.6 is 0 Å². The molecule has 1 saturated carbocycles. The van der Waals surface area contributed by atoms with Gasteiger partial charge >= 0.3 is 6.03 Å². The first-order chi connectivity index (χ1) is 9.99. The molecule has 0 radical (unpaired) electrons. The molecule has 2 unspecified atom stereocenters. The van der Waals surface area contributed by atoms with Gasteiger partial charge in [0.05, 0.1) is 6.10 Å². The van der Waals surface area contributed by atoms with Crippen LogP contribution < -0.4 is 5.32 Å². The molecule has 6 nitrogen and oxygen atoms in total. The van der Waals surface area contributed by atoms with Gasteiger partial charge < -0.3 is 20.2 Å². The van der Waals surface area contributed by atoms with E-state index in [1.807, 2.05) is 0 Å². The van der Waals surface area contributed by atoms with Gasteiger partial charge in [-0.2, -0.15) is 0 Å². The number of carbonyl (C=O) groups excluding carboxylic acids is 2. The summed E-state index contributed by atoms with van der Waals surface area (Å²) in [6.07, 6.45) is 4.08. The van der Waals surface area contributed by atoms with Gasteiger partial charge in [0.1, 0.15) is 0 Å². The summed E-state index contributed by atoms with van der Waals surface area (Å²) in [6.45, 7) is 1.86. The molecule has 1 saturated heterocycles. The highest BCUT2D eigenvalue weighted by molar-refractivity contribution is 5.79. The van der Waals surface area contributed by atoms with Gasteiger partial charge in [-0.05, 0) is 25.7 Å². The summed E-state index contributed by atoms with van der Waals surface area (Å²) in [5.41, 5.74) is 0. The van der Waals surface area contributed by atoms with E-state index >= 15 is 0 Å². The summed E-state index contributed by atoms with van der Waals surface area (Å²) >= 11 is 0. The zero-order valence-corrected chi connectivity index (χ0v) is 13.0. The van der Waals surface area contributed by atoms with Crippen molar-refractivity contribution in [1.29, 1.82) is 0 Å². The third-order valence-corrected chi connectivity index (χ3v) is 4.68. The van der Waals surface area contributed by atoms with E-state index in [1.165, 1.54) is 0 Å². The van der Waals surface area contributed by atoms with Crippen LogP contribution in [0.5, 0.6) is 0 Å². The van der Waals surface area contributed by atoms with Crippen LogP contribution in [-0.2, 0) is 4.79 Å². The lowest BCUT2D eigenvalue weighted by atomic mass is 9.95. The van der Waals surface area contributed by atoms with E-state index in [0.29, 0.717) is 19.6 Å². The second kappa shape index (κ2) is 7.11. The molecule has 0 aromatic rings. The molecule has 1 aliphatic heterocycles. The normalized spacial score (nSPS) is 26.7. The number of carbonyl (C=O) groups is 2. The summed E-state index contributed by atoms with van der Waals surface area (Å²) in [5.74, 6) is 0.283. The average molecular weight is 297 g/mol. The molecule has 3 amide bonds. The van der Waals surface area contributed by atoms with Gasteiger partial charge in [0, 0.05) is 45.6 Å². The highest BCUT2D eigenvalue weighted by atomic mass is 16.3. The van der Waals surface area contributed by atoms with Crippen molar-refractivity contribution in [3.05, 3.63) is 0 Å². The number of amides is 3. The Balaban J connectivity index is 1.71. The van der Waals surface area contributed by atoms with Crippen LogP contribution in [0.15, 0.2) is 0 Å². The lowest BCUT2D eigenvalue weighted by Crippen LogP contribution is -2.47. The highest BCUT2D eigenvalue weighted by Gasteiger charge is 2.30. The van der Waals surface area contributed by atoms with Gasteiger partial charge in [0.15, 0.2) is 0 Å². The lowest BCUT2D eigenvalue weighted by molar-refractivity contribution is -0.126. The SMILES string of the molecule is CN(C)C(=O)N1CCC(C(=O)NCC2CCCC2O)CC1. The summed E-state index contributed by atoms with van der Waals surface area (Å²) in [6, 6.07) is 0.0166. The summed E-state index contributed by atoms with van der Waals surface area (Å²) in [4.78, 5) is 27.4. The van der Waals surface area contributed by atoms with E-state index in [0.717, 1.165) is 32.1 Å². The van der Waals surface area contributed by atoms with Crippen molar-refractivity contribution in [2.24, 2.45) is 11.8 Å². The molecule has 0 bridgehead atoms. The van der Waals surface area contributed by atoms with Crippen LogP contribution in [0.3, 0.4) is 0 Å². The first-order valence-electron chi connectivity index (χ1n) is 7.91. The van der Waals surface area contributed by atoms with Gasteiger partial charge in [-0.25, -0.2) is 4.79 Å². The smallest absolute Gasteiger partial charge is 0.319 e. The average Bonchev–Trinajstić information content (AvgIpc) is 2.89. The maximum absolute atomic E-state index is 12.2. The second-order valence-electron chi connectivity index (χ2n) is 6.44. The highest BCUT2D eigenvalue weighted by Crippen LogP contribution is 2.25. The molecule has 0 aromatic heterocycles. The Morgan fingerprint density at radius 3 is 2.38 bits per heavy atom. The molecule has 0 spiro atoms. The van der Waals surface area contributed by atoms with Crippen LogP contribution in [0, 0.1) is 11.8 Å². The molecular weight excluding hydrogens is 270 g/mol. The zero-order valence-electron chi connectivity index (χ0n) is 13.0. The quantitative estimate of drug-likeness (QED) is 0.803. The van der Waals surface area contributed by atoms with Crippen molar-refractivity contribution >= 4 is 11.9 Å². The fourth-order valence-corrected chi connectivity index (χ4v) is 3.25. The molecule has 6 heteroatoms. The molecule has 21 heavy (non-hydrogen) atoms. The number of urea groups is 1. The maximum atomic E-state index is 12.2. The van der Waals surface area contributed by atoms with E-state index in [2.05, 4.69) is 5.32 Å². The number of hydrogen-bond donors (Lipinski definition) is 2. The van der Waals surface area contributed by atoms with Crippen LogP contribution in [0.1, 0.15) is 32.1 Å². The Labute approximate surface area is 126 Å². The van der Waals surface area contributed by atoms with Gasteiger partial charge in [0.2, 0.25) is 5.91 Å². The van der Waals surface area contributed by atoms with Gasteiger partial charge in [-0.3, -0.25) is 4.79 Å². The van der Waals surface area contributed by atoms with Crippen LogP contribution in [0.25, 0.3) is 0 Å². The van der Waals surface area contributed by atoms with Crippen molar-refractivity contribution in [2.45, 2.75) is 38.2 Å². The number of rotatable bonds is 3. The molecule has 120 valence electrons. The minimum atomic E-state index is -0.259. The molecule has 2 N–H and O–H groups in total. The molecule has 2 aliphatic rings. The molecular formula is C15H27N3O3. The summed E-state index contributed by atoms with van der Waals surface area (Å²) in [7, 11) is 3.49. The van der Waals surface area contributed by atoms with E-state index in [4.69, 9.17) is 0 Å². The molecule has 2 fully saturated rings. The van der Waals surface area contributed by atoms with Crippen molar-refractivity contribution in [3.63, 3.8) is 0 Å². The van der Waals surface area contributed by atoms with Crippen LogP contribution in [-0.4, -0.2) is 66.7 Å². The predicted molar refractivity (Wildman–Crippen MR) is 79.7 cm³/mol. The second-order valence-corrected chi connectivity index (χ2v) is 6.44. The van der Waals surface area contributed by atoms with Gasteiger partial charge in [-0.1, -0.05) is 6.42 Å². The Kier molecular flexibility index (Phi) is 5.45. The minimum Gasteiger partial charge on any atom is -0.393 e. The summed E-state index contributed by atoms with van der Waals surface area (Å²) in [5, 5.41) is 12.7. The number of aliphatic hydroxyl groups is 1. The monoisotopic (exact) mass is 297 g/mol. The minimum absolute atomic E-state index is 0.00485. The van der Waals surface area contributed by atoms with Gasteiger partial charge in [-0.15, -0.1) is 0 Å². The molecule has 1 aliphatic carbocycles. The molecule has 2 atom stereocenters. The molecule has 2 rings (SSSR count). The van der Waals surface area contributed by atoms with Gasteiger partial charge in [0.25, 0.3) is 0 Å². The Hall–Kier alpha value is -1.30. The molecule has 1 heterocycles. The Morgan fingerprint density at radius 1 is 1.19 bits per heavy atom. The number of nitrogens with zero attached hydrogens (tertiary/aromatic N) is 2. The number of nitrogens with one attached hydrogen (secondary N) is 1. The molecule has 0 aromatic carbocycles. The zero-order chi connectivity index (χ0) is 15.4. The van der Waals surface area contributed by atoms with E-state index < -0.39 is 0 Å². The van der Waals surface area contributed by atoms with Crippen molar-refractivity contribution < 1.29 is 14.7 Å². The fourth-order valence-electron chi connectivity index (χ4n) is 3.25. The number of hydrogen-bond acceptors (Lipinski definition) is 3. The number of piperidine rings is 1. The van der Waals surface area contributed by atoms with Crippen LogP contribution in [0.4, 0.5) is 4.79 Å². The van der Waals surface area contributed by atoms with E-state index in [1.54, 1.807) is 23.9 Å². The topological polar surface area (TPSA) is 72.9 Å². The lowest BCUT2D eigenvalue weighted by Gasteiger charge is -2.33. The summed E-state index contributed by atoms with van der Waals surface area (Å²) < 4.78 is 0. The standard InChI is InChI=1S/C15H27N3O3/c1-17(2)15(21)18-8-6-11(7-9-18)14(20)16-10-12-4-3-5-13(12)19/h11-13,19H,3-10H2,1-2H3,(H,16,20).